The number of phenols is 1. The molecule has 2 rings (SSSR count). The minimum atomic E-state index is -0.240. The van der Waals surface area contributed by atoms with Crippen LogP contribution in [0, 0.1) is 0 Å². The molecule has 1 aliphatic rings. The summed E-state index contributed by atoms with van der Waals surface area (Å²) in [6.07, 6.45) is 6.97. The van der Waals surface area contributed by atoms with Crippen LogP contribution in [0.2, 0.25) is 0 Å². The summed E-state index contributed by atoms with van der Waals surface area (Å²) >= 11 is 0. The molecule has 1 aromatic rings. The number of aromatic hydroxyl groups is 1. The van der Waals surface area contributed by atoms with Gasteiger partial charge >= 0.3 is 0 Å². The molecule has 0 bridgehead atoms. The highest BCUT2D eigenvalue weighted by Crippen LogP contribution is 2.23. The van der Waals surface area contributed by atoms with Crippen LogP contribution < -0.4 is 10.1 Å². The maximum absolute atomic E-state index is 12.0. The maximum atomic E-state index is 12.0. The molecule has 2 N–H and O–H groups in total. The largest absolute Gasteiger partial charge is 0.507 e. The molecule has 1 amide bonds. The van der Waals surface area contributed by atoms with Crippen molar-refractivity contribution >= 4 is 5.91 Å². The van der Waals surface area contributed by atoms with Gasteiger partial charge in [-0.1, -0.05) is 12.2 Å². The van der Waals surface area contributed by atoms with Gasteiger partial charge in [0.25, 0.3) is 5.91 Å². The van der Waals surface area contributed by atoms with Crippen molar-refractivity contribution in [2.45, 2.75) is 25.3 Å². The fraction of sp³-hybridized carbons (Fsp3) is 0.357. The Morgan fingerprint density at radius 3 is 2.89 bits per heavy atom. The van der Waals surface area contributed by atoms with Crippen LogP contribution in [0.15, 0.2) is 30.4 Å². The highest BCUT2D eigenvalue weighted by Gasteiger charge is 2.17. The molecule has 0 spiro atoms. The second kappa shape index (κ2) is 5.58. The Morgan fingerprint density at radius 1 is 1.44 bits per heavy atom. The molecule has 0 aromatic heterocycles. The zero-order valence-electron chi connectivity index (χ0n) is 10.3. The number of ether oxygens (including phenoxy) is 1. The van der Waals surface area contributed by atoms with Crippen LogP contribution in [0.5, 0.6) is 11.5 Å². The summed E-state index contributed by atoms with van der Waals surface area (Å²) in [7, 11) is 1.52. The zero-order valence-corrected chi connectivity index (χ0v) is 10.3. The smallest absolute Gasteiger partial charge is 0.255 e. The van der Waals surface area contributed by atoms with Crippen molar-refractivity contribution in [3.63, 3.8) is 0 Å². The van der Waals surface area contributed by atoms with E-state index in [2.05, 4.69) is 17.5 Å². The Morgan fingerprint density at radius 2 is 2.28 bits per heavy atom. The molecule has 1 aromatic carbocycles. The normalized spacial score (nSPS) is 18.4. The first-order valence-electron chi connectivity index (χ1n) is 6.03. The molecule has 0 fully saturated rings. The molecule has 1 atom stereocenters. The first kappa shape index (κ1) is 12.5. The third-order valence-electron chi connectivity index (χ3n) is 3.05. The summed E-state index contributed by atoms with van der Waals surface area (Å²) in [5.41, 5.74) is 0.283. The predicted molar refractivity (Wildman–Crippen MR) is 68.9 cm³/mol. The van der Waals surface area contributed by atoms with E-state index in [4.69, 9.17) is 4.74 Å². The summed E-state index contributed by atoms with van der Waals surface area (Å²) < 4.78 is 4.98. The fourth-order valence-corrected chi connectivity index (χ4v) is 2.02. The van der Waals surface area contributed by atoms with Crippen molar-refractivity contribution in [3.05, 3.63) is 35.9 Å². The number of benzene rings is 1. The molecule has 0 heterocycles. The van der Waals surface area contributed by atoms with E-state index < -0.39 is 0 Å². The van der Waals surface area contributed by atoms with Gasteiger partial charge in [-0.25, -0.2) is 0 Å². The van der Waals surface area contributed by atoms with Crippen LogP contribution >= 0.6 is 0 Å². The molecule has 0 saturated heterocycles. The van der Waals surface area contributed by atoms with Crippen LogP contribution in [-0.2, 0) is 0 Å². The number of phenolic OH excluding ortho intramolecular Hbond substituents is 1. The number of methoxy groups -OCH3 is 1. The molecule has 4 heteroatoms. The van der Waals surface area contributed by atoms with Gasteiger partial charge in [-0.2, -0.15) is 0 Å². The number of carbonyl (C=O) groups is 1. The van der Waals surface area contributed by atoms with Crippen LogP contribution in [0.1, 0.15) is 29.6 Å². The number of allylic oxidation sites excluding steroid dienone is 1. The number of rotatable bonds is 3. The summed E-state index contributed by atoms with van der Waals surface area (Å²) in [5.74, 6) is 0.235. The Bertz CT molecular complexity index is 468. The van der Waals surface area contributed by atoms with Gasteiger partial charge in [0, 0.05) is 12.1 Å². The average molecular weight is 247 g/mol. The van der Waals surface area contributed by atoms with Crippen molar-refractivity contribution in [3.8, 4) is 11.5 Å². The van der Waals surface area contributed by atoms with Crippen LogP contribution in [0.25, 0.3) is 0 Å². The highest BCUT2D eigenvalue weighted by atomic mass is 16.5. The summed E-state index contributed by atoms with van der Waals surface area (Å²) in [5, 5.41) is 12.7. The van der Waals surface area contributed by atoms with Gasteiger partial charge < -0.3 is 15.2 Å². The molecule has 0 saturated carbocycles. The molecule has 1 aliphatic carbocycles. The lowest BCUT2D eigenvalue weighted by molar-refractivity contribution is 0.0932. The molecule has 18 heavy (non-hydrogen) atoms. The summed E-state index contributed by atoms with van der Waals surface area (Å²) in [6.45, 7) is 0. The zero-order chi connectivity index (χ0) is 13.0. The van der Waals surface area contributed by atoms with E-state index in [-0.39, 0.29) is 23.3 Å². The number of carbonyl (C=O) groups excluding carboxylic acids is 1. The highest BCUT2D eigenvalue weighted by molar-refractivity contribution is 5.97. The van der Waals surface area contributed by atoms with E-state index in [0.29, 0.717) is 5.75 Å². The van der Waals surface area contributed by atoms with Gasteiger partial charge in [0.15, 0.2) is 0 Å². The van der Waals surface area contributed by atoms with Crippen LogP contribution in [0.4, 0.5) is 0 Å². The van der Waals surface area contributed by atoms with E-state index in [9.17, 15) is 9.90 Å². The molecule has 0 radical (unpaired) electrons. The average Bonchev–Trinajstić information content (AvgIpc) is 2.39. The number of hydrogen-bond donors (Lipinski definition) is 2. The van der Waals surface area contributed by atoms with Gasteiger partial charge in [-0.05, 0) is 31.4 Å². The SMILES string of the molecule is COc1ccc(C(=O)NC2CC=CCC2)c(O)c1. The van der Waals surface area contributed by atoms with Crippen molar-refractivity contribution in [2.75, 3.05) is 7.11 Å². The second-order valence-electron chi connectivity index (χ2n) is 4.34. The molecule has 0 aliphatic heterocycles. The lowest BCUT2D eigenvalue weighted by atomic mass is 10.0. The van der Waals surface area contributed by atoms with E-state index >= 15 is 0 Å². The number of amides is 1. The minimum Gasteiger partial charge on any atom is -0.507 e. The van der Waals surface area contributed by atoms with Crippen molar-refractivity contribution in [1.82, 2.24) is 5.32 Å². The third-order valence-corrected chi connectivity index (χ3v) is 3.05. The Labute approximate surface area is 106 Å². The van der Waals surface area contributed by atoms with Crippen molar-refractivity contribution in [2.24, 2.45) is 0 Å². The van der Waals surface area contributed by atoms with Gasteiger partial charge in [0.1, 0.15) is 11.5 Å². The van der Waals surface area contributed by atoms with Crippen molar-refractivity contribution in [1.29, 1.82) is 0 Å². The first-order valence-corrected chi connectivity index (χ1v) is 6.03. The topological polar surface area (TPSA) is 58.6 Å². The Balaban J connectivity index is 2.06. The van der Waals surface area contributed by atoms with Crippen LogP contribution in [-0.4, -0.2) is 24.2 Å². The van der Waals surface area contributed by atoms with E-state index in [0.717, 1.165) is 19.3 Å². The van der Waals surface area contributed by atoms with Crippen molar-refractivity contribution < 1.29 is 14.6 Å². The maximum Gasteiger partial charge on any atom is 0.255 e. The van der Waals surface area contributed by atoms with E-state index in [1.54, 1.807) is 12.1 Å². The summed E-state index contributed by atoms with van der Waals surface area (Å²) in [6, 6.07) is 4.83. The lowest BCUT2D eigenvalue weighted by Crippen LogP contribution is -2.35. The number of nitrogens with one attached hydrogen (secondary N) is 1. The van der Waals surface area contributed by atoms with Crippen LogP contribution in [0.3, 0.4) is 0 Å². The molecule has 4 nitrogen and oxygen atoms in total. The standard InChI is InChI=1S/C14H17NO3/c1-18-11-7-8-12(13(16)9-11)14(17)15-10-5-3-2-4-6-10/h2-3,7-10,16H,4-6H2,1H3,(H,15,17). The predicted octanol–water partition coefficient (Wildman–Crippen LogP) is 2.24. The van der Waals surface area contributed by atoms with Gasteiger partial charge in [-0.15, -0.1) is 0 Å². The van der Waals surface area contributed by atoms with Gasteiger partial charge in [0.05, 0.1) is 12.7 Å². The Hall–Kier alpha value is -1.97. The third kappa shape index (κ3) is 2.83. The number of hydrogen-bond acceptors (Lipinski definition) is 3. The molecular formula is C14H17NO3. The first-order chi connectivity index (χ1) is 8.70. The van der Waals surface area contributed by atoms with Gasteiger partial charge in [-0.3, -0.25) is 4.79 Å². The minimum absolute atomic E-state index is 0.0572. The molecule has 1 unspecified atom stereocenters. The fourth-order valence-electron chi connectivity index (χ4n) is 2.02. The lowest BCUT2D eigenvalue weighted by Gasteiger charge is -2.19. The van der Waals surface area contributed by atoms with E-state index in [1.807, 2.05) is 0 Å². The quantitative estimate of drug-likeness (QED) is 0.805. The van der Waals surface area contributed by atoms with E-state index in [1.165, 1.54) is 13.2 Å². The Kier molecular flexibility index (Phi) is 3.87. The second-order valence-corrected chi connectivity index (χ2v) is 4.34. The molecule has 96 valence electrons. The van der Waals surface area contributed by atoms with Gasteiger partial charge in [0.2, 0.25) is 0 Å². The summed E-state index contributed by atoms with van der Waals surface area (Å²) in [4.78, 5) is 12.0. The monoisotopic (exact) mass is 247 g/mol. The molecular weight excluding hydrogens is 230 g/mol.